The molecule has 1 N–H and O–H groups in total. The van der Waals surface area contributed by atoms with Crippen LogP contribution in [0.25, 0.3) is 0 Å². The molecule has 122 valence electrons. The average Bonchev–Trinajstić information content (AvgIpc) is 2.77. The van der Waals surface area contributed by atoms with E-state index in [4.69, 9.17) is 19.3 Å². The lowest BCUT2D eigenvalue weighted by Crippen LogP contribution is -2.42. The molecule has 2 atom stereocenters. The average molecular weight is 303 g/mol. The largest absolute Gasteiger partial charge is 0.481 e. The van der Waals surface area contributed by atoms with Crippen molar-refractivity contribution in [3.63, 3.8) is 0 Å². The van der Waals surface area contributed by atoms with E-state index < -0.39 is 23.6 Å². The van der Waals surface area contributed by atoms with Gasteiger partial charge in [-0.15, -0.1) is 0 Å². The van der Waals surface area contributed by atoms with Gasteiger partial charge in [0.15, 0.2) is 0 Å². The van der Waals surface area contributed by atoms with Crippen LogP contribution in [0.15, 0.2) is 0 Å². The number of amides is 1. The smallest absolute Gasteiger partial charge is 0.410 e. The zero-order valence-corrected chi connectivity index (χ0v) is 13.1. The topological polar surface area (TPSA) is 85.3 Å². The third kappa shape index (κ3) is 5.89. The predicted molar refractivity (Wildman–Crippen MR) is 75.2 cm³/mol. The molecular formula is C14H25NO6. The number of methoxy groups -OCH3 is 1. The minimum atomic E-state index is -0.900. The number of carbonyl (C=O) groups is 2. The third-order valence-electron chi connectivity index (χ3n) is 3.13. The summed E-state index contributed by atoms with van der Waals surface area (Å²) < 4.78 is 15.6. The molecule has 1 heterocycles. The first kappa shape index (κ1) is 17.7. The molecule has 0 saturated carbocycles. The fourth-order valence-corrected chi connectivity index (χ4v) is 2.16. The van der Waals surface area contributed by atoms with Crippen LogP contribution in [0.3, 0.4) is 0 Å². The molecule has 7 heteroatoms. The van der Waals surface area contributed by atoms with E-state index in [1.807, 2.05) is 0 Å². The minimum absolute atomic E-state index is 0.155. The van der Waals surface area contributed by atoms with Crippen molar-refractivity contribution in [2.24, 2.45) is 5.92 Å². The van der Waals surface area contributed by atoms with Crippen molar-refractivity contribution in [1.29, 1.82) is 0 Å². The van der Waals surface area contributed by atoms with Crippen molar-refractivity contribution in [1.82, 2.24) is 4.90 Å². The molecule has 1 aliphatic rings. The summed E-state index contributed by atoms with van der Waals surface area (Å²) in [6.45, 7) is 6.64. The highest BCUT2D eigenvalue weighted by atomic mass is 16.6. The van der Waals surface area contributed by atoms with Crippen LogP contribution in [-0.2, 0) is 19.0 Å². The summed E-state index contributed by atoms with van der Waals surface area (Å²) in [7, 11) is 1.58. The Morgan fingerprint density at radius 1 is 1.29 bits per heavy atom. The van der Waals surface area contributed by atoms with Gasteiger partial charge in [0.05, 0.1) is 31.8 Å². The van der Waals surface area contributed by atoms with Gasteiger partial charge in [0.25, 0.3) is 0 Å². The fourth-order valence-electron chi connectivity index (χ4n) is 2.16. The van der Waals surface area contributed by atoms with Crippen LogP contribution in [0.1, 0.15) is 27.2 Å². The SMILES string of the molecule is COCCOC[C@@H]1C[C@@H](C(=O)O)CN1C(=O)OC(C)(C)C. The fraction of sp³-hybridized carbons (Fsp3) is 0.857. The number of rotatable bonds is 6. The zero-order chi connectivity index (χ0) is 16.0. The number of likely N-dealkylation sites (tertiary alicyclic amines) is 1. The van der Waals surface area contributed by atoms with Crippen LogP contribution in [0.4, 0.5) is 4.79 Å². The lowest BCUT2D eigenvalue weighted by atomic mass is 10.1. The molecule has 0 unspecified atom stereocenters. The summed E-state index contributed by atoms with van der Waals surface area (Å²) in [6.07, 6.45) is -0.117. The maximum Gasteiger partial charge on any atom is 0.410 e. The molecule has 1 saturated heterocycles. The highest BCUT2D eigenvalue weighted by Gasteiger charge is 2.40. The van der Waals surface area contributed by atoms with E-state index in [2.05, 4.69) is 0 Å². The molecule has 7 nitrogen and oxygen atoms in total. The van der Waals surface area contributed by atoms with E-state index in [9.17, 15) is 9.59 Å². The number of carboxylic acid groups (broad SMARTS) is 1. The van der Waals surface area contributed by atoms with Gasteiger partial charge in [-0.25, -0.2) is 4.79 Å². The standard InChI is InChI=1S/C14H25NO6/c1-14(2,3)21-13(18)15-8-10(12(16)17)7-11(15)9-20-6-5-19-4/h10-11H,5-9H2,1-4H3,(H,16,17)/t10-,11+/m1/s1. The van der Waals surface area contributed by atoms with E-state index >= 15 is 0 Å². The number of ether oxygens (including phenoxy) is 3. The number of hydrogen-bond acceptors (Lipinski definition) is 5. The Kier molecular flexibility index (Phi) is 6.42. The summed E-state index contributed by atoms with van der Waals surface area (Å²) in [5, 5.41) is 9.13. The monoisotopic (exact) mass is 303 g/mol. The van der Waals surface area contributed by atoms with Crippen LogP contribution in [0.5, 0.6) is 0 Å². The molecule has 0 spiro atoms. The number of carboxylic acids is 1. The lowest BCUT2D eigenvalue weighted by Gasteiger charge is -2.28. The minimum Gasteiger partial charge on any atom is -0.481 e. The van der Waals surface area contributed by atoms with Gasteiger partial charge in [-0.2, -0.15) is 0 Å². The van der Waals surface area contributed by atoms with E-state index in [1.165, 1.54) is 4.90 Å². The molecule has 0 aromatic rings. The first-order valence-electron chi connectivity index (χ1n) is 7.03. The van der Waals surface area contributed by atoms with Crippen LogP contribution < -0.4 is 0 Å². The van der Waals surface area contributed by atoms with Crippen LogP contribution in [0, 0.1) is 5.92 Å². The maximum atomic E-state index is 12.2. The Balaban J connectivity index is 2.62. The molecule has 0 radical (unpaired) electrons. The van der Waals surface area contributed by atoms with E-state index in [-0.39, 0.29) is 19.2 Å². The quantitative estimate of drug-likeness (QED) is 0.746. The molecule has 1 fully saturated rings. The second-order valence-corrected chi connectivity index (χ2v) is 6.13. The van der Waals surface area contributed by atoms with Gasteiger partial charge < -0.3 is 24.2 Å². The van der Waals surface area contributed by atoms with E-state index in [1.54, 1.807) is 27.9 Å². The van der Waals surface area contributed by atoms with Crippen molar-refractivity contribution in [3.05, 3.63) is 0 Å². The molecule has 21 heavy (non-hydrogen) atoms. The number of aliphatic carboxylic acids is 1. The van der Waals surface area contributed by atoms with Gasteiger partial charge in [-0.3, -0.25) is 4.79 Å². The van der Waals surface area contributed by atoms with E-state index in [0.717, 1.165) is 0 Å². The first-order valence-corrected chi connectivity index (χ1v) is 7.03. The van der Waals surface area contributed by atoms with Gasteiger partial charge in [0, 0.05) is 13.7 Å². The van der Waals surface area contributed by atoms with Crippen molar-refractivity contribution in [2.75, 3.05) is 33.5 Å². The van der Waals surface area contributed by atoms with Crippen molar-refractivity contribution in [3.8, 4) is 0 Å². The first-order chi connectivity index (χ1) is 9.74. The van der Waals surface area contributed by atoms with Crippen molar-refractivity contribution in [2.45, 2.75) is 38.8 Å². The molecule has 1 aliphatic heterocycles. The highest BCUT2D eigenvalue weighted by Crippen LogP contribution is 2.26. The second-order valence-electron chi connectivity index (χ2n) is 6.13. The predicted octanol–water partition coefficient (Wildman–Crippen LogP) is 1.36. The normalized spacial score (nSPS) is 22.4. The van der Waals surface area contributed by atoms with E-state index in [0.29, 0.717) is 19.6 Å². The molecule has 1 rings (SSSR count). The molecule has 0 aliphatic carbocycles. The highest BCUT2D eigenvalue weighted by molar-refractivity contribution is 5.74. The van der Waals surface area contributed by atoms with Gasteiger partial charge in [-0.05, 0) is 27.2 Å². The van der Waals surface area contributed by atoms with Crippen LogP contribution in [-0.4, -0.2) is 67.2 Å². The van der Waals surface area contributed by atoms with Crippen molar-refractivity contribution < 1.29 is 28.9 Å². The van der Waals surface area contributed by atoms with Gasteiger partial charge in [0.2, 0.25) is 0 Å². The van der Waals surface area contributed by atoms with Crippen molar-refractivity contribution >= 4 is 12.1 Å². The van der Waals surface area contributed by atoms with Gasteiger partial charge in [-0.1, -0.05) is 0 Å². The maximum absolute atomic E-state index is 12.2. The van der Waals surface area contributed by atoms with Crippen LogP contribution >= 0.6 is 0 Å². The van der Waals surface area contributed by atoms with Crippen LogP contribution in [0.2, 0.25) is 0 Å². The summed E-state index contributed by atoms with van der Waals surface area (Å²) in [6, 6.07) is -0.280. The molecule has 1 amide bonds. The second kappa shape index (κ2) is 7.61. The molecule has 0 bridgehead atoms. The summed E-state index contributed by atoms with van der Waals surface area (Å²) in [5.74, 6) is -1.48. The number of hydrogen-bond donors (Lipinski definition) is 1. The number of carbonyl (C=O) groups excluding carboxylic acids is 1. The zero-order valence-electron chi connectivity index (χ0n) is 13.1. The molecular weight excluding hydrogens is 278 g/mol. The summed E-state index contributed by atoms with van der Waals surface area (Å²) >= 11 is 0. The lowest BCUT2D eigenvalue weighted by molar-refractivity contribution is -0.141. The summed E-state index contributed by atoms with van der Waals surface area (Å²) in [5.41, 5.74) is -0.611. The van der Waals surface area contributed by atoms with Gasteiger partial charge in [0.1, 0.15) is 5.60 Å². The Morgan fingerprint density at radius 3 is 2.48 bits per heavy atom. The Bertz CT molecular complexity index is 365. The van der Waals surface area contributed by atoms with Gasteiger partial charge >= 0.3 is 12.1 Å². The Morgan fingerprint density at radius 2 is 1.95 bits per heavy atom. The molecule has 0 aromatic carbocycles. The molecule has 0 aromatic heterocycles. The third-order valence-corrected chi connectivity index (χ3v) is 3.13. The summed E-state index contributed by atoms with van der Waals surface area (Å²) in [4.78, 5) is 24.8. The number of nitrogens with zero attached hydrogens (tertiary/aromatic N) is 1. The Hall–Kier alpha value is -1.34. The Labute approximate surface area is 125 Å².